The summed E-state index contributed by atoms with van der Waals surface area (Å²) in [6.07, 6.45) is 0. The molecule has 124 valence electrons. The second-order valence-electron chi connectivity index (χ2n) is 5.42. The SMILES string of the molecule is COC(=O)C1=C(N)Oc2cc(C)[nH]c(=O)c2[C@H]1c1ccc(Cl)cc1. The number of hydrogen-bond donors (Lipinski definition) is 2. The van der Waals surface area contributed by atoms with Gasteiger partial charge in [-0.05, 0) is 24.6 Å². The number of ether oxygens (including phenoxy) is 2. The van der Waals surface area contributed by atoms with Crippen LogP contribution in [0, 0.1) is 6.92 Å². The minimum Gasteiger partial charge on any atom is -0.465 e. The van der Waals surface area contributed by atoms with E-state index in [0.29, 0.717) is 27.6 Å². The zero-order valence-corrected chi connectivity index (χ0v) is 13.8. The second kappa shape index (κ2) is 6.05. The number of esters is 1. The van der Waals surface area contributed by atoms with Gasteiger partial charge in [0.2, 0.25) is 5.88 Å². The number of fused-ring (bicyclic) bond motifs is 1. The average Bonchev–Trinajstić information content (AvgIpc) is 2.53. The van der Waals surface area contributed by atoms with Crippen LogP contribution in [0.1, 0.15) is 22.7 Å². The van der Waals surface area contributed by atoms with Crippen LogP contribution in [0.15, 0.2) is 46.6 Å². The quantitative estimate of drug-likeness (QED) is 0.813. The van der Waals surface area contributed by atoms with Gasteiger partial charge in [-0.15, -0.1) is 0 Å². The average molecular weight is 347 g/mol. The molecular weight excluding hydrogens is 332 g/mol. The summed E-state index contributed by atoms with van der Waals surface area (Å²) in [5, 5.41) is 0.542. The van der Waals surface area contributed by atoms with E-state index < -0.39 is 11.9 Å². The Labute approximate surface area is 142 Å². The van der Waals surface area contributed by atoms with Gasteiger partial charge < -0.3 is 20.2 Å². The molecule has 0 fully saturated rings. The van der Waals surface area contributed by atoms with Crippen LogP contribution in [0.2, 0.25) is 5.02 Å². The molecule has 1 aromatic heterocycles. The fourth-order valence-corrected chi connectivity index (χ4v) is 2.93. The van der Waals surface area contributed by atoms with Crippen molar-refractivity contribution in [1.29, 1.82) is 0 Å². The van der Waals surface area contributed by atoms with E-state index in [0.717, 1.165) is 0 Å². The molecule has 24 heavy (non-hydrogen) atoms. The molecule has 0 radical (unpaired) electrons. The fraction of sp³-hybridized carbons (Fsp3) is 0.176. The Hall–Kier alpha value is -2.73. The molecular formula is C17H15ClN2O4. The van der Waals surface area contributed by atoms with E-state index in [-0.39, 0.29) is 17.0 Å². The number of hydrogen-bond acceptors (Lipinski definition) is 5. The molecule has 0 saturated carbocycles. The third kappa shape index (κ3) is 2.65. The Morgan fingerprint density at radius 3 is 2.62 bits per heavy atom. The number of carbonyl (C=O) groups is 1. The molecule has 0 bridgehead atoms. The predicted molar refractivity (Wildman–Crippen MR) is 89.0 cm³/mol. The summed E-state index contributed by atoms with van der Waals surface area (Å²) in [4.78, 5) is 27.5. The molecule has 1 aliphatic rings. The Balaban J connectivity index is 2.29. The second-order valence-corrected chi connectivity index (χ2v) is 5.85. The molecule has 3 N–H and O–H groups in total. The number of aromatic amines is 1. The van der Waals surface area contributed by atoms with Crippen molar-refractivity contribution >= 4 is 17.6 Å². The number of aryl methyl sites for hydroxylation is 1. The van der Waals surface area contributed by atoms with E-state index in [1.165, 1.54) is 7.11 Å². The van der Waals surface area contributed by atoms with E-state index in [2.05, 4.69) is 4.98 Å². The van der Waals surface area contributed by atoms with E-state index in [4.69, 9.17) is 26.8 Å². The summed E-state index contributed by atoms with van der Waals surface area (Å²) >= 11 is 5.94. The van der Waals surface area contributed by atoms with Crippen molar-refractivity contribution in [2.75, 3.05) is 7.11 Å². The summed E-state index contributed by atoms with van der Waals surface area (Å²) in [6, 6.07) is 8.49. The van der Waals surface area contributed by atoms with Gasteiger partial charge in [-0.25, -0.2) is 4.79 Å². The summed E-state index contributed by atoms with van der Waals surface area (Å²) in [6.45, 7) is 1.73. The number of H-pyrrole nitrogens is 1. The maximum Gasteiger partial charge on any atom is 0.340 e. The van der Waals surface area contributed by atoms with Crippen LogP contribution in [0.4, 0.5) is 0 Å². The summed E-state index contributed by atoms with van der Waals surface area (Å²) in [7, 11) is 1.25. The van der Waals surface area contributed by atoms with Crippen molar-refractivity contribution in [3.05, 3.63) is 74.0 Å². The normalized spacial score (nSPS) is 16.4. The Kier molecular flexibility index (Phi) is 4.07. The molecule has 7 heteroatoms. The van der Waals surface area contributed by atoms with E-state index in [1.807, 2.05) is 0 Å². The molecule has 0 aliphatic carbocycles. The lowest BCUT2D eigenvalue weighted by atomic mass is 9.83. The highest BCUT2D eigenvalue weighted by atomic mass is 35.5. The molecule has 0 amide bonds. The topological polar surface area (TPSA) is 94.4 Å². The molecule has 2 aromatic rings. The zero-order valence-electron chi connectivity index (χ0n) is 13.1. The molecule has 1 aliphatic heterocycles. The number of rotatable bonds is 2. The third-order valence-electron chi connectivity index (χ3n) is 3.84. The highest BCUT2D eigenvalue weighted by Crippen LogP contribution is 2.41. The first kappa shape index (κ1) is 16.1. The number of nitrogens with two attached hydrogens (primary N) is 1. The van der Waals surface area contributed by atoms with E-state index in [9.17, 15) is 9.59 Å². The number of benzene rings is 1. The van der Waals surface area contributed by atoms with Gasteiger partial charge in [0.25, 0.3) is 5.56 Å². The first-order valence-electron chi connectivity index (χ1n) is 7.17. The van der Waals surface area contributed by atoms with Gasteiger partial charge in [0.1, 0.15) is 11.3 Å². The smallest absolute Gasteiger partial charge is 0.340 e. The van der Waals surface area contributed by atoms with Gasteiger partial charge >= 0.3 is 5.97 Å². The maximum atomic E-state index is 12.5. The van der Waals surface area contributed by atoms with Crippen molar-refractivity contribution in [3.8, 4) is 5.75 Å². The van der Waals surface area contributed by atoms with E-state index >= 15 is 0 Å². The molecule has 6 nitrogen and oxygen atoms in total. The van der Waals surface area contributed by atoms with E-state index in [1.54, 1.807) is 37.3 Å². The summed E-state index contributed by atoms with van der Waals surface area (Å²) in [5.41, 5.74) is 7.30. The molecule has 0 spiro atoms. The number of nitrogens with one attached hydrogen (secondary N) is 1. The van der Waals surface area contributed by atoms with Crippen LogP contribution in [0.5, 0.6) is 5.75 Å². The lowest BCUT2D eigenvalue weighted by molar-refractivity contribution is -0.136. The predicted octanol–water partition coefficient (Wildman–Crippen LogP) is 2.20. The van der Waals surface area contributed by atoms with Gasteiger partial charge in [0, 0.05) is 16.8 Å². The number of methoxy groups -OCH3 is 1. The van der Waals surface area contributed by atoms with Crippen LogP contribution in [-0.4, -0.2) is 18.1 Å². The van der Waals surface area contributed by atoms with Gasteiger partial charge in [-0.3, -0.25) is 4.79 Å². The van der Waals surface area contributed by atoms with Crippen molar-refractivity contribution in [3.63, 3.8) is 0 Å². The first-order valence-corrected chi connectivity index (χ1v) is 7.55. The molecule has 0 unspecified atom stereocenters. The Morgan fingerprint density at radius 2 is 2.00 bits per heavy atom. The molecule has 0 saturated heterocycles. The summed E-state index contributed by atoms with van der Waals surface area (Å²) in [5.74, 6) is -1.12. The highest BCUT2D eigenvalue weighted by Gasteiger charge is 2.37. The zero-order chi connectivity index (χ0) is 17.4. The van der Waals surface area contributed by atoms with Crippen molar-refractivity contribution in [1.82, 2.24) is 4.98 Å². The van der Waals surface area contributed by atoms with Crippen LogP contribution < -0.4 is 16.0 Å². The summed E-state index contributed by atoms with van der Waals surface area (Å²) < 4.78 is 10.3. The highest BCUT2D eigenvalue weighted by molar-refractivity contribution is 6.30. The number of carbonyl (C=O) groups excluding carboxylic acids is 1. The minimum absolute atomic E-state index is 0.0840. The lowest BCUT2D eigenvalue weighted by Gasteiger charge is -2.27. The standard InChI is InChI=1S/C17H15ClN2O4/c1-8-7-11-13(16(21)20-8)12(9-3-5-10(18)6-4-9)14(15(19)24-11)17(22)23-2/h3-7,12H,19H2,1-2H3,(H,20,21)/t12-/m1/s1. The molecule has 1 aromatic carbocycles. The monoisotopic (exact) mass is 346 g/mol. The van der Waals surface area contributed by atoms with Crippen molar-refractivity contribution < 1.29 is 14.3 Å². The fourth-order valence-electron chi connectivity index (χ4n) is 2.80. The Bertz CT molecular complexity index is 900. The number of pyridine rings is 1. The molecule has 1 atom stereocenters. The van der Waals surface area contributed by atoms with Crippen LogP contribution >= 0.6 is 11.6 Å². The maximum absolute atomic E-state index is 12.5. The number of aromatic nitrogens is 1. The van der Waals surface area contributed by atoms with Gasteiger partial charge in [-0.1, -0.05) is 23.7 Å². The largest absolute Gasteiger partial charge is 0.465 e. The minimum atomic E-state index is -0.706. The van der Waals surface area contributed by atoms with Crippen LogP contribution in [0.3, 0.4) is 0 Å². The van der Waals surface area contributed by atoms with Gasteiger partial charge in [-0.2, -0.15) is 0 Å². The Morgan fingerprint density at radius 1 is 1.33 bits per heavy atom. The van der Waals surface area contributed by atoms with Crippen LogP contribution in [0.25, 0.3) is 0 Å². The first-order chi connectivity index (χ1) is 11.4. The lowest BCUT2D eigenvalue weighted by Crippen LogP contribution is -2.31. The van der Waals surface area contributed by atoms with Gasteiger partial charge in [0.15, 0.2) is 0 Å². The third-order valence-corrected chi connectivity index (χ3v) is 4.09. The van der Waals surface area contributed by atoms with Crippen molar-refractivity contribution in [2.24, 2.45) is 5.73 Å². The van der Waals surface area contributed by atoms with Crippen molar-refractivity contribution in [2.45, 2.75) is 12.8 Å². The van der Waals surface area contributed by atoms with Crippen LogP contribution in [-0.2, 0) is 9.53 Å². The molecule has 2 heterocycles. The number of halogens is 1. The molecule has 3 rings (SSSR count). The van der Waals surface area contributed by atoms with Gasteiger partial charge in [0.05, 0.1) is 18.6 Å².